The number of unbranched alkanes of at least 4 members (excludes halogenated alkanes) is 4. The fraction of sp³-hybridized carbons (Fsp3) is 0.929. The predicted molar refractivity (Wildman–Crippen MR) is 66.3 cm³/mol. The zero-order valence-electron chi connectivity index (χ0n) is 10.9. The van der Waals surface area contributed by atoms with Crippen molar-refractivity contribution < 1.29 is 9.53 Å². The smallest absolute Gasteiger partial charge is 0.312 e. The molecule has 1 aliphatic heterocycles. The molecule has 0 amide bonds. The SMILES string of the molecule is CCCCCC1(CCCCC)CCOC1=O. The molecule has 0 spiro atoms. The van der Waals surface area contributed by atoms with Gasteiger partial charge in [0.15, 0.2) is 0 Å². The van der Waals surface area contributed by atoms with E-state index in [1.54, 1.807) is 0 Å². The van der Waals surface area contributed by atoms with Gasteiger partial charge in [-0.25, -0.2) is 0 Å². The predicted octanol–water partition coefficient (Wildman–Crippen LogP) is 4.08. The molecule has 1 heterocycles. The molecule has 0 N–H and O–H groups in total. The second-order valence-corrected chi connectivity index (χ2v) is 5.08. The van der Waals surface area contributed by atoms with Crippen molar-refractivity contribution >= 4 is 5.97 Å². The number of cyclic esters (lactones) is 1. The van der Waals surface area contributed by atoms with Crippen LogP contribution < -0.4 is 0 Å². The molecule has 0 aromatic rings. The van der Waals surface area contributed by atoms with Gasteiger partial charge in [0.25, 0.3) is 0 Å². The molecule has 1 saturated heterocycles. The lowest BCUT2D eigenvalue weighted by Crippen LogP contribution is -2.26. The zero-order valence-corrected chi connectivity index (χ0v) is 10.9. The highest BCUT2D eigenvalue weighted by Gasteiger charge is 2.42. The van der Waals surface area contributed by atoms with E-state index < -0.39 is 0 Å². The average Bonchev–Trinajstić information content (AvgIpc) is 2.62. The van der Waals surface area contributed by atoms with Gasteiger partial charge >= 0.3 is 5.97 Å². The summed E-state index contributed by atoms with van der Waals surface area (Å²) in [6, 6.07) is 0. The van der Waals surface area contributed by atoms with Gasteiger partial charge in [-0.1, -0.05) is 52.4 Å². The normalized spacial score (nSPS) is 18.8. The van der Waals surface area contributed by atoms with Gasteiger partial charge in [-0.05, 0) is 19.3 Å². The van der Waals surface area contributed by atoms with E-state index in [1.807, 2.05) is 0 Å². The summed E-state index contributed by atoms with van der Waals surface area (Å²) in [6.45, 7) is 5.06. The fourth-order valence-corrected chi connectivity index (χ4v) is 2.60. The van der Waals surface area contributed by atoms with Crippen LogP contribution in [0.3, 0.4) is 0 Å². The van der Waals surface area contributed by atoms with E-state index in [9.17, 15) is 4.79 Å². The van der Waals surface area contributed by atoms with Crippen LogP contribution in [0.15, 0.2) is 0 Å². The fourth-order valence-electron chi connectivity index (χ4n) is 2.60. The van der Waals surface area contributed by atoms with Crippen LogP contribution in [0.2, 0.25) is 0 Å². The Labute approximate surface area is 99.8 Å². The van der Waals surface area contributed by atoms with Crippen molar-refractivity contribution in [1.29, 1.82) is 0 Å². The number of rotatable bonds is 8. The number of carbonyl (C=O) groups excluding carboxylic acids is 1. The van der Waals surface area contributed by atoms with Gasteiger partial charge in [0.2, 0.25) is 0 Å². The Balaban J connectivity index is 2.44. The van der Waals surface area contributed by atoms with Crippen molar-refractivity contribution in [3.05, 3.63) is 0 Å². The Hall–Kier alpha value is -0.530. The Morgan fingerprint density at radius 3 is 2.00 bits per heavy atom. The lowest BCUT2D eigenvalue weighted by Gasteiger charge is -2.24. The summed E-state index contributed by atoms with van der Waals surface area (Å²) in [7, 11) is 0. The molecule has 0 atom stereocenters. The summed E-state index contributed by atoms with van der Waals surface area (Å²) in [5.41, 5.74) is -0.107. The van der Waals surface area contributed by atoms with Crippen molar-refractivity contribution in [2.75, 3.05) is 6.61 Å². The molecule has 0 aromatic heterocycles. The van der Waals surface area contributed by atoms with Crippen molar-refractivity contribution in [3.63, 3.8) is 0 Å². The first-order valence-corrected chi connectivity index (χ1v) is 6.92. The van der Waals surface area contributed by atoms with Gasteiger partial charge in [0, 0.05) is 0 Å². The summed E-state index contributed by atoms with van der Waals surface area (Å²) >= 11 is 0. The molecule has 0 aromatic carbocycles. The largest absolute Gasteiger partial charge is 0.465 e. The van der Waals surface area contributed by atoms with Crippen LogP contribution in [0, 0.1) is 5.41 Å². The molecule has 0 unspecified atom stereocenters. The number of carbonyl (C=O) groups is 1. The van der Waals surface area contributed by atoms with Crippen molar-refractivity contribution in [2.24, 2.45) is 5.41 Å². The number of hydrogen-bond donors (Lipinski definition) is 0. The third-order valence-electron chi connectivity index (χ3n) is 3.76. The number of ether oxygens (including phenoxy) is 1. The minimum Gasteiger partial charge on any atom is -0.465 e. The van der Waals surface area contributed by atoms with Crippen molar-refractivity contribution in [1.82, 2.24) is 0 Å². The Morgan fingerprint density at radius 2 is 1.62 bits per heavy atom. The van der Waals surface area contributed by atoms with E-state index >= 15 is 0 Å². The van der Waals surface area contributed by atoms with Gasteiger partial charge in [0.1, 0.15) is 0 Å². The van der Waals surface area contributed by atoms with Gasteiger partial charge in [-0.15, -0.1) is 0 Å². The second-order valence-electron chi connectivity index (χ2n) is 5.08. The first-order valence-electron chi connectivity index (χ1n) is 6.92. The van der Waals surface area contributed by atoms with Gasteiger partial charge in [0.05, 0.1) is 12.0 Å². The van der Waals surface area contributed by atoms with Crippen molar-refractivity contribution in [2.45, 2.75) is 71.6 Å². The first kappa shape index (κ1) is 13.5. The van der Waals surface area contributed by atoms with Gasteiger partial charge < -0.3 is 4.74 Å². The third-order valence-corrected chi connectivity index (χ3v) is 3.76. The van der Waals surface area contributed by atoms with Crippen LogP contribution in [0.25, 0.3) is 0 Å². The lowest BCUT2D eigenvalue weighted by atomic mass is 9.77. The van der Waals surface area contributed by atoms with Crippen LogP contribution in [0.4, 0.5) is 0 Å². The maximum Gasteiger partial charge on any atom is 0.312 e. The molecule has 0 radical (unpaired) electrons. The lowest BCUT2D eigenvalue weighted by molar-refractivity contribution is -0.147. The molecule has 2 nitrogen and oxygen atoms in total. The first-order chi connectivity index (χ1) is 7.75. The summed E-state index contributed by atoms with van der Waals surface area (Å²) < 4.78 is 5.19. The van der Waals surface area contributed by atoms with Crippen LogP contribution in [0.1, 0.15) is 71.6 Å². The third kappa shape index (κ3) is 3.50. The number of hydrogen-bond acceptors (Lipinski definition) is 2. The molecule has 0 bridgehead atoms. The topological polar surface area (TPSA) is 26.3 Å². The molecular weight excluding hydrogens is 200 g/mol. The standard InChI is InChI=1S/C14H26O2/c1-3-5-7-9-14(10-8-6-4-2)11-12-16-13(14)15/h3-12H2,1-2H3. The average molecular weight is 226 g/mol. The Bertz CT molecular complexity index is 201. The second kappa shape index (κ2) is 6.93. The minimum absolute atomic E-state index is 0.0831. The van der Waals surface area contributed by atoms with Crippen LogP contribution in [-0.4, -0.2) is 12.6 Å². The highest BCUT2D eigenvalue weighted by Crippen LogP contribution is 2.40. The van der Waals surface area contributed by atoms with E-state index in [0.29, 0.717) is 6.61 Å². The van der Waals surface area contributed by atoms with Crippen LogP contribution >= 0.6 is 0 Å². The molecular formula is C14H26O2. The minimum atomic E-state index is -0.107. The quantitative estimate of drug-likeness (QED) is 0.460. The molecule has 1 aliphatic rings. The monoisotopic (exact) mass is 226 g/mol. The Morgan fingerprint density at radius 1 is 1.06 bits per heavy atom. The van der Waals surface area contributed by atoms with E-state index in [1.165, 1.54) is 38.5 Å². The maximum atomic E-state index is 11.9. The molecule has 1 fully saturated rings. The van der Waals surface area contributed by atoms with E-state index in [-0.39, 0.29) is 11.4 Å². The Kier molecular flexibility index (Phi) is 5.86. The van der Waals surface area contributed by atoms with Gasteiger partial charge in [-0.3, -0.25) is 4.79 Å². The number of esters is 1. The van der Waals surface area contributed by atoms with Gasteiger partial charge in [-0.2, -0.15) is 0 Å². The van der Waals surface area contributed by atoms with Crippen LogP contribution in [-0.2, 0) is 9.53 Å². The van der Waals surface area contributed by atoms with Crippen LogP contribution in [0.5, 0.6) is 0 Å². The van der Waals surface area contributed by atoms with Crippen molar-refractivity contribution in [3.8, 4) is 0 Å². The van der Waals surface area contributed by atoms with E-state index in [0.717, 1.165) is 19.3 Å². The summed E-state index contributed by atoms with van der Waals surface area (Å²) in [5, 5.41) is 0. The molecule has 0 aliphatic carbocycles. The molecule has 0 saturated carbocycles. The summed E-state index contributed by atoms with van der Waals surface area (Å²) in [4.78, 5) is 11.9. The zero-order chi connectivity index (χ0) is 11.9. The van der Waals surface area contributed by atoms with E-state index in [4.69, 9.17) is 4.74 Å². The maximum absolute atomic E-state index is 11.9. The highest BCUT2D eigenvalue weighted by atomic mass is 16.5. The molecule has 2 heteroatoms. The molecule has 16 heavy (non-hydrogen) atoms. The summed E-state index contributed by atoms with van der Waals surface area (Å²) in [5.74, 6) is 0.0831. The van der Waals surface area contributed by atoms with E-state index in [2.05, 4.69) is 13.8 Å². The highest BCUT2D eigenvalue weighted by molar-refractivity contribution is 5.78. The molecule has 94 valence electrons. The summed E-state index contributed by atoms with van der Waals surface area (Å²) in [6.07, 6.45) is 10.3. The molecule has 1 rings (SSSR count).